The van der Waals surface area contributed by atoms with E-state index in [2.05, 4.69) is 9.80 Å². The molecule has 2 heterocycles. The number of carbonyl (C=O) groups excluding carboxylic acids is 1. The van der Waals surface area contributed by atoms with Gasteiger partial charge in [0.25, 0.3) is 0 Å². The van der Waals surface area contributed by atoms with E-state index in [0.29, 0.717) is 30.5 Å². The number of hydrogen-bond acceptors (Lipinski definition) is 4. The molecule has 5 heteroatoms. The van der Waals surface area contributed by atoms with Gasteiger partial charge < -0.3 is 9.64 Å². The number of carbonyl (C=O) groups is 1. The van der Waals surface area contributed by atoms with E-state index in [-0.39, 0.29) is 0 Å². The van der Waals surface area contributed by atoms with Gasteiger partial charge >= 0.3 is 0 Å². The predicted molar refractivity (Wildman–Crippen MR) is 110 cm³/mol. The van der Waals surface area contributed by atoms with Gasteiger partial charge in [-0.2, -0.15) is 0 Å². The molecular weight excluding hydrogens is 350 g/mol. The molecule has 6 rings (SSSR count). The SMILES string of the molecule is COCCN1CCC(N2CCN(C34CC5CC(CC(C5)C3)C4)CC2)CCC1=O. The number of methoxy groups -OCH3 is 1. The fourth-order valence-electron chi connectivity index (χ4n) is 7.84. The molecule has 0 N–H and O–H groups in total. The molecule has 0 aromatic carbocycles. The lowest BCUT2D eigenvalue weighted by Crippen LogP contribution is -2.64. The third-order valence-corrected chi connectivity index (χ3v) is 8.85. The largest absolute Gasteiger partial charge is 0.383 e. The zero-order valence-corrected chi connectivity index (χ0v) is 17.8. The Hall–Kier alpha value is -0.650. The maximum Gasteiger partial charge on any atom is 0.222 e. The normalized spacial score (nSPS) is 42.2. The predicted octanol–water partition coefficient (Wildman–Crippen LogP) is 2.60. The Morgan fingerprint density at radius 3 is 2.18 bits per heavy atom. The van der Waals surface area contributed by atoms with Crippen LogP contribution in [0.2, 0.25) is 0 Å². The van der Waals surface area contributed by atoms with Gasteiger partial charge in [-0.25, -0.2) is 0 Å². The van der Waals surface area contributed by atoms with Gasteiger partial charge in [0.2, 0.25) is 5.91 Å². The summed E-state index contributed by atoms with van der Waals surface area (Å²) < 4.78 is 5.18. The second kappa shape index (κ2) is 7.88. The minimum absolute atomic E-state index is 0.326. The lowest BCUT2D eigenvalue weighted by atomic mass is 9.52. The molecule has 1 atom stereocenters. The quantitative estimate of drug-likeness (QED) is 0.724. The zero-order valence-electron chi connectivity index (χ0n) is 17.8. The lowest BCUT2D eigenvalue weighted by Gasteiger charge is -2.62. The highest BCUT2D eigenvalue weighted by Gasteiger charge is 2.53. The van der Waals surface area contributed by atoms with E-state index in [0.717, 1.165) is 43.7 Å². The summed E-state index contributed by atoms with van der Waals surface area (Å²) in [4.78, 5) is 20.1. The molecule has 158 valence electrons. The monoisotopic (exact) mass is 389 g/mol. The van der Waals surface area contributed by atoms with Crippen LogP contribution < -0.4 is 0 Å². The van der Waals surface area contributed by atoms with Crippen molar-refractivity contribution in [2.75, 3.05) is 53.0 Å². The van der Waals surface area contributed by atoms with Crippen LogP contribution in [0.15, 0.2) is 0 Å². The van der Waals surface area contributed by atoms with Gasteiger partial charge in [-0.3, -0.25) is 14.6 Å². The molecule has 4 saturated carbocycles. The standard InChI is InChI=1S/C23H39N3O2/c1-28-11-10-25-5-4-21(2-3-22(25)27)24-6-8-26(9-7-24)23-15-18-12-19(16-23)14-20(13-18)17-23/h18-21H,2-17H2,1H3. The molecule has 0 aromatic heterocycles. The molecule has 6 aliphatic rings. The van der Waals surface area contributed by atoms with Gasteiger partial charge in [0.15, 0.2) is 0 Å². The summed E-state index contributed by atoms with van der Waals surface area (Å²) in [6.45, 7) is 7.23. The third kappa shape index (κ3) is 3.63. The number of hydrogen-bond donors (Lipinski definition) is 0. The Labute approximate surface area is 170 Å². The molecule has 0 spiro atoms. The summed E-state index contributed by atoms with van der Waals surface area (Å²) in [5.74, 6) is 3.44. The Bertz CT molecular complexity index is 537. The summed E-state index contributed by atoms with van der Waals surface area (Å²) >= 11 is 0. The highest BCUT2D eigenvalue weighted by atomic mass is 16.5. The van der Waals surface area contributed by atoms with Crippen LogP contribution in [-0.4, -0.2) is 85.2 Å². The second-order valence-corrected chi connectivity index (χ2v) is 10.5. The van der Waals surface area contributed by atoms with Crippen LogP contribution in [-0.2, 0) is 9.53 Å². The minimum atomic E-state index is 0.326. The summed E-state index contributed by atoms with van der Waals surface area (Å²) in [5.41, 5.74) is 0.567. The molecule has 4 bridgehead atoms. The molecule has 4 aliphatic carbocycles. The van der Waals surface area contributed by atoms with Crippen molar-refractivity contribution in [2.24, 2.45) is 17.8 Å². The van der Waals surface area contributed by atoms with Crippen molar-refractivity contribution in [2.45, 2.75) is 69.4 Å². The molecule has 0 aromatic rings. The maximum absolute atomic E-state index is 12.4. The van der Waals surface area contributed by atoms with Gasteiger partial charge in [-0.1, -0.05) is 0 Å². The number of likely N-dealkylation sites (tertiary alicyclic amines) is 1. The highest BCUT2D eigenvalue weighted by molar-refractivity contribution is 5.76. The molecule has 1 amide bonds. The molecule has 28 heavy (non-hydrogen) atoms. The third-order valence-electron chi connectivity index (χ3n) is 8.85. The molecule has 6 fully saturated rings. The first-order valence-electron chi connectivity index (χ1n) is 11.9. The average Bonchev–Trinajstić information content (AvgIpc) is 2.87. The van der Waals surface area contributed by atoms with Crippen molar-refractivity contribution in [3.05, 3.63) is 0 Å². The van der Waals surface area contributed by atoms with E-state index in [1.165, 1.54) is 64.7 Å². The van der Waals surface area contributed by atoms with Gasteiger partial charge in [0, 0.05) is 64.4 Å². The van der Waals surface area contributed by atoms with E-state index in [1.54, 1.807) is 7.11 Å². The van der Waals surface area contributed by atoms with Crippen molar-refractivity contribution in [3.63, 3.8) is 0 Å². The van der Waals surface area contributed by atoms with Crippen molar-refractivity contribution < 1.29 is 9.53 Å². The van der Waals surface area contributed by atoms with Crippen LogP contribution in [0.3, 0.4) is 0 Å². The van der Waals surface area contributed by atoms with Crippen molar-refractivity contribution in [1.82, 2.24) is 14.7 Å². The number of nitrogens with zero attached hydrogens (tertiary/aromatic N) is 3. The highest BCUT2D eigenvalue weighted by Crippen LogP contribution is 2.57. The van der Waals surface area contributed by atoms with Crippen molar-refractivity contribution in [3.8, 4) is 0 Å². The van der Waals surface area contributed by atoms with Crippen molar-refractivity contribution >= 4 is 5.91 Å². The van der Waals surface area contributed by atoms with E-state index < -0.39 is 0 Å². The number of rotatable bonds is 5. The molecule has 5 nitrogen and oxygen atoms in total. The van der Waals surface area contributed by atoms with Crippen LogP contribution in [0.1, 0.15) is 57.8 Å². The molecule has 2 saturated heterocycles. The summed E-state index contributed by atoms with van der Waals surface area (Å²) in [6.07, 6.45) is 12.0. The van der Waals surface area contributed by atoms with Gasteiger partial charge in [0.05, 0.1) is 6.61 Å². The van der Waals surface area contributed by atoms with Gasteiger partial charge in [0.1, 0.15) is 0 Å². The first-order valence-corrected chi connectivity index (χ1v) is 11.9. The fraction of sp³-hybridized carbons (Fsp3) is 0.957. The molecule has 1 unspecified atom stereocenters. The summed E-state index contributed by atoms with van der Waals surface area (Å²) in [5, 5.41) is 0. The summed E-state index contributed by atoms with van der Waals surface area (Å²) in [7, 11) is 1.72. The van der Waals surface area contributed by atoms with E-state index in [4.69, 9.17) is 4.74 Å². The topological polar surface area (TPSA) is 36.0 Å². The lowest BCUT2D eigenvalue weighted by molar-refractivity contribution is -0.131. The van der Waals surface area contributed by atoms with Gasteiger partial charge in [-0.15, -0.1) is 0 Å². The van der Waals surface area contributed by atoms with E-state index >= 15 is 0 Å². The molecular formula is C23H39N3O2. The second-order valence-electron chi connectivity index (χ2n) is 10.5. The van der Waals surface area contributed by atoms with Crippen LogP contribution in [0.25, 0.3) is 0 Å². The van der Waals surface area contributed by atoms with E-state index in [9.17, 15) is 4.79 Å². The minimum Gasteiger partial charge on any atom is -0.383 e. The first-order chi connectivity index (χ1) is 13.6. The Morgan fingerprint density at radius 2 is 1.57 bits per heavy atom. The summed E-state index contributed by atoms with van der Waals surface area (Å²) in [6, 6.07) is 0.593. The average molecular weight is 390 g/mol. The van der Waals surface area contributed by atoms with E-state index in [1.807, 2.05) is 4.90 Å². The zero-order chi connectivity index (χ0) is 19.1. The van der Waals surface area contributed by atoms with Gasteiger partial charge in [-0.05, 0) is 69.1 Å². The van der Waals surface area contributed by atoms with Crippen LogP contribution >= 0.6 is 0 Å². The maximum atomic E-state index is 12.4. The number of amides is 1. The molecule has 2 aliphatic heterocycles. The molecule has 0 radical (unpaired) electrons. The first kappa shape index (κ1) is 19.3. The Morgan fingerprint density at radius 1 is 0.929 bits per heavy atom. The smallest absolute Gasteiger partial charge is 0.222 e. The van der Waals surface area contributed by atoms with Crippen LogP contribution in [0.4, 0.5) is 0 Å². The van der Waals surface area contributed by atoms with Crippen molar-refractivity contribution in [1.29, 1.82) is 0 Å². The Kier molecular flexibility index (Phi) is 5.44. The number of piperazine rings is 1. The Balaban J connectivity index is 1.16. The fourth-order valence-corrected chi connectivity index (χ4v) is 7.84. The van der Waals surface area contributed by atoms with Crippen LogP contribution in [0, 0.1) is 17.8 Å². The van der Waals surface area contributed by atoms with Crippen LogP contribution in [0.5, 0.6) is 0 Å². The number of ether oxygens (including phenoxy) is 1.